The molecule has 2 aliphatic carbocycles. The molecule has 3 aliphatic heterocycles. The molecule has 1 spiro atoms. The normalized spacial score (nSPS) is 35.0. The van der Waals surface area contributed by atoms with Crippen molar-refractivity contribution in [3.63, 3.8) is 0 Å². The average molecular weight is 520 g/mol. The lowest BCUT2D eigenvalue weighted by atomic mass is 9.82. The van der Waals surface area contributed by atoms with E-state index in [9.17, 15) is 23.2 Å². The summed E-state index contributed by atoms with van der Waals surface area (Å²) in [5, 5.41) is 5.89. The summed E-state index contributed by atoms with van der Waals surface area (Å²) in [5.41, 5.74) is 0.199. The highest BCUT2D eigenvalue weighted by molar-refractivity contribution is 6.05. The van der Waals surface area contributed by atoms with Crippen molar-refractivity contribution in [2.24, 2.45) is 5.41 Å². The Morgan fingerprint density at radius 1 is 1.11 bits per heavy atom. The number of hydrogen-bond donors (Lipinski definition) is 2. The lowest BCUT2D eigenvalue weighted by molar-refractivity contribution is -0.136. The molecule has 37 heavy (non-hydrogen) atoms. The summed E-state index contributed by atoms with van der Waals surface area (Å²) in [6.07, 6.45) is 4.70. The van der Waals surface area contributed by atoms with Crippen molar-refractivity contribution in [3.8, 4) is 0 Å². The van der Waals surface area contributed by atoms with Crippen LogP contribution in [0, 0.1) is 11.2 Å². The van der Waals surface area contributed by atoms with Crippen LogP contribution in [-0.2, 0) is 27.3 Å². The zero-order chi connectivity index (χ0) is 25.9. The van der Waals surface area contributed by atoms with E-state index >= 15 is 4.39 Å². The van der Waals surface area contributed by atoms with E-state index in [2.05, 4.69) is 10.6 Å². The highest BCUT2D eigenvalue weighted by Crippen LogP contribution is 2.67. The molecule has 3 atom stereocenters. The van der Waals surface area contributed by atoms with Crippen LogP contribution in [0.1, 0.15) is 79.3 Å². The van der Waals surface area contributed by atoms with Gasteiger partial charge in [-0.05, 0) is 56.6 Å². The summed E-state index contributed by atoms with van der Waals surface area (Å²) in [4.78, 5) is 38.1. The fraction of sp³-hybridized carbons (Fsp3) is 0.667. The molecule has 1 aromatic rings. The van der Waals surface area contributed by atoms with Crippen LogP contribution >= 0.6 is 0 Å². The second-order valence-electron chi connectivity index (χ2n) is 11.4. The highest BCUT2D eigenvalue weighted by atomic mass is 19.3. The zero-order valence-electron chi connectivity index (χ0n) is 20.7. The lowest BCUT2D eigenvalue weighted by Gasteiger charge is -2.38. The number of rotatable bonds is 5. The number of nitrogens with one attached hydrogen (secondary N) is 2. The molecule has 2 N–H and O–H groups in total. The van der Waals surface area contributed by atoms with E-state index in [1.54, 1.807) is 12.1 Å². The number of piperidine rings is 1. The van der Waals surface area contributed by atoms with Gasteiger partial charge >= 0.3 is 0 Å². The Kier molecular flexibility index (Phi) is 6.10. The predicted octanol–water partition coefficient (Wildman–Crippen LogP) is 3.23. The molecule has 6 rings (SSSR count). The van der Waals surface area contributed by atoms with Crippen molar-refractivity contribution in [1.29, 1.82) is 0 Å². The fourth-order valence-electron chi connectivity index (χ4n) is 6.82. The molecule has 0 bridgehead atoms. The number of imide groups is 1. The molecule has 2 saturated heterocycles. The number of halogens is 3. The minimum absolute atomic E-state index is 0.00164. The number of benzene rings is 1. The van der Waals surface area contributed by atoms with Gasteiger partial charge in [0.25, 0.3) is 11.8 Å². The van der Waals surface area contributed by atoms with Gasteiger partial charge in [0.15, 0.2) is 0 Å². The van der Waals surface area contributed by atoms with Crippen molar-refractivity contribution < 1.29 is 32.3 Å². The standard InChI is InChI=1S/C27H32F3N3O4/c28-23-15(3-4-17-18(23)13-33(25(17)36)20-5-6-22(34)32-24(20)35)12-21-19(2-1-11-37-21)31-16-7-9-26(10-8-16)14-27(26,29)30/h3-4,16,19-21,31H,1-2,5-14H2,(H,32,34,35)/t16-,19-,20?,21+,26+/m0/s1. The van der Waals surface area contributed by atoms with E-state index < -0.39 is 35.0 Å². The van der Waals surface area contributed by atoms with E-state index in [0.29, 0.717) is 44.3 Å². The first-order valence-electron chi connectivity index (χ1n) is 13.4. The summed E-state index contributed by atoms with van der Waals surface area (Å²) >= 11 is 0. The van der Waals surface area contributed by atoms with Gasteiger partial charge in [-0.25, -0.2) is 13.2 Å². The third-order valence-corrected chi connectivity index (χ3v) is 9.19. The van der Waals surface area contributed by atoms with Crippen LogP contribution in [0.25, 0.3) is 0 Å². The molecule has 4 fully saturated rings. The summed E-state index contributed by atoms with van der Waals surface area (Å²) in [6.45, 7) is 0.568. The fourth-order valence-corrected chi connectivity index (χ4v) is 6.82. The van der Waals surface area contributed by atoms with Gasteiger partial charge in [-0.15, -0.1) is 0 Å². The average Bonchev–Trinajstić information content (AvgIpc) is 3.22. The van der Waals surface area contributed by atoms with Gasteiger partial charge in [0.2, 0.25) is 11.8 Å². The number of carbonyl (C=O) groups excluding carboxylic acids is 3. The molecule has 0 radical (unpaired) electrons. The highest BCUT2D eigenvalue weighted by Gasteiger charge is 2.70. The predicted molar refractivity (Wildman–Crippen MR) is 126 cm³/mol. The van der Waals surface area contributed by atoms with E-state index in [1.165, 1.54) is 4.90 Å². The Morgan fingerprint density at radius 2 is 1.86 bits per heavy atom. The second kappa shape index (κ2) is 9.08. The minimum Gasteiger partial charge on any atom is -0.376 e. The van der Waals surface area contributed by atoms with Gasteiger partial charge in [-0.3, -0.25) is 19.7 Å². The number of ether oxygens (including phenoxy) is 1. The SMILES string of the molecule is O=C1CCC(N2Cc3c(ccc(C[C@H]4OCCC[C@@H]4N[C@H]4CC[C@@]5(CC4)CC5(F)F)c3F)C2=O)C(=O)N1. The summed E-state index contributed by atoms with van der Waals surface area (Å²) in [7, 11) is 0. The third-order valence-electron chi connectivity index (χ3n) is 9.19. The Labute approximate surface area is 213 Å². The van der Waals surface area contributed by atoms with E-state index in [0.717, 1.165) is 12.8 Å². The Bertz CT molecular complexity index is 1130. The van der Waals surface area contributed by atoms with Gasteiger partial charge in [-0.2, -0.15) is 0 Å². The maximum absolute atomic E-state index is 15.7. The van der Waals surface area contributed by atoms with Crippen LogP contribution in [0.4, 0.5) is 13.2 Å². The van der Waals surface area contributed by atoms with Gasteiger partial charge < -0.3 is 15.0 Å². The number of fused-ring (bicyclic) bond motifs is 1. The monoisotopic (exact) mass is 519 g/mol. The van der Waals surface area contributed by atoms with Gasteiger partial charge in [0.1, 0.15) is 11.9 Å². The second-order valence-corrected chi connectivity index (χ2v) is 11.4. The van der Waals surface area contributed by atoms with Crippen LogP contribution in [0.2, 0.25) is 0 Å². The van der Waals surface area contributed by atoms with E-state index in [1.807, 2.05) is 0 Å². The topological polar surface area (TPSA) is 87.7 Å². The Hall–Kier alpha value is -2.46. The zero-order valence-corrected chi connectivity index (χ0v) is 20.7. The van der Waals surface area contributed by atoms with E-state index in [-0.39, 0.29) is 61.0 Å². The van der Waals surface area contributed by atoms with Gasteiger partial charge in [-0.1, -0.05) is 6.07 Å². The molecule has 10 heteroatoms. The first-order valence-corrected chi connectivity index (χ1v) is 13.4. The van der Waals surface area contributed by atoms with Crippen molar-refractivity contribution >= 4 is 17.7 Å². The molecule has 1 unspecified atom stereocenters. The van der Waals surface area contributed by atoms with Gasteiger partial charge in [0.05, 0.1) is 12.6 Å². The minimum atomic E-state index is -2.51. The summed E-state index contributed by atoms with van der Waals surface area (Å²) in [5.74, 6) is -4.26. The lowest BCUT2D eigenvalue weighted by Crippen LogP contribution is -2.52. The Balaban J connectivity index is 1.12. The van der Waals surface area contributed by atoms with Crippen molar-refractivity contribution in [3.05, 3.63) is 34.6 Å². The smallest absolute Gasteiger partial charge is 0.255 e. The maximum atomic E-state index is 15.7. The molecule has 1 aromatic carbocycles. The molecule has 200 valence electrons. The third kappa shape index (κ3) is 4.35. The quantitative estimate of drug-likeness (QED) is 0.584. The molecule has 0 aromatic heterocycles. The number of carbonyl (C=O) groups is 3. The van der Waals surface area contributed by atoms with Gasteiger partial charge in [0, 0.05) is 54.5 Å². The Morgan fingerprint density at radius 3 is 2.57 bits per heavy atom. The first-order chi connectivity index (χ1) is 17.7. The molecule has 5 aliphatic rings. The molecular weight excluding hydrogens is 487 g/mol. The van der Waals surface area contributed by atoms with Crippen molar-refractivity contribution in [2.45, 2.75) is 101 Å². The largest absolute Gasteiger partial charge is 0.376 e. The van der Waals surface area contributed by atoms with Crippen LogP contribution < -0.4 is 10.6 Å². The summed E-state index contributed by atoms with van der Waals surface area (Å²) in [6, 6.07) is 2.60. The van der Waals surface area contributed by atoms with Crippen molar-refractivity contribution in [1.82, 2.24) is 15.5 Å². The maximum Gasteiger partial charge on any atom is 0.255 e. The van der Waals surface area contributed by atoms with Crippen molar-refractivity contribution in [2.75, 3.05) is 6.61 Å². The molecule has 7 nitrogen and oxygen atoms in total. The van der Waals surface area contributed by atoms with Crippen LogP contribution in [0.15, 0.2) is 12.1 Å². The first kappa shape index (κ1) is 24.9. The molecular formula is C27H32F3N3O4. The summed E-state index contributed by atoms with van der Waals surface area (Å²) < 4.78 is 49.2. The number of nitrogens with zero attached hydrogens (tertiary/aromatic N) is 1. The molecule has 3 heterocycles. The van der Waals surface area contributed by atoms with Crippen LogP contribution in [-0.4, -0.2) is 59.4 Å². The van der Waals surface area contributed by atoms with Crippen LogP contribution in [0.5, 0.6) is 0 Å². The van der Waals surface area contributed by atoms with Crippen LogP contribution in [0.3, 0.4) is 0 Å². The number of hydrogen-bond acceptors (Lipinski definition) is 5. The number of alkyl halides is 2. The van der Waals surface area contributed by atoms with E-state index in [4.69, 9.17) is 4.74 Å². The molecule has 2 saturated carbocycles. The molecule has 3 amide bonds. The number of amides is 3.